The number of rotatable bonds is 7. The molecule has 102 valence electrons. The molecule has 4 N–H and O–H groups in total. The highest BCUT2D eigenvalue weighted by Crippen LogP contribution is 1.93. The van der Waals surface area contributed by atoms with Crippen molar-refractivity contribution in [2.24, 2.45) is 5.73 Å². The number of nitrogens with one attached hydrogen (secondary N) is 2. The maximum atomic E-state index is 11.3. The molecule has 8 heteroatoms. The zero-order chi connectivity index (χ0) is 13.5. The van der Waals surface area contributed by atoms with Crippen molar-refractivity contribution < 1.29 is 17.9 Å². The maximum Gasteiger partial charge on any atom is 0.422 e. The third kappa shape index (κ3) is 8.90. The first-order valence-electron chi connectivity index (χ1n) is 5.50. The summed E-state index contributed by atoms with van der Waals surface area (Å²) in [6, 6.07) is -0.0553. The van der Waals surface area contributed by atoms with Gasteiger partial charge in [0.1, 0.15) is 0 Å². The molecule has 0 saturated heterocycles. The first kappa shape index (κ1) is 16.1. The Bertz CT molecular complexity index is 329. The molecule has 0 rings (SSSR count). The molecule has 0 spiro atoms. The molecule has 0 aliphatic rings. The molecule has 0 radical (unpaired) electrons. The lowest BCUT2D eigenvalue weighted by atomic mass is 10.2. The summed E-state index contributed by atoms with van der Waals surface area (Å²) in [5, 5.41) is 0. The van der Waals surface area contributed by atoms with Crippen LogP contribution < -0.4 is 15.2 Å². The van der Waals surface area contributed by atoms with E-state index in [1.807, 2.05) is 6.92 Å². The van der Waals surface area contributed by atoms with Gasteiger partial charge < -0.3 is 10.5 Å². The van der Waals surface area contributed by atoms with Crippen LogP contribution in [0.5, 0.6) is 0 Å². The van der Waals surface area contributed by atoms with E-state index >= 15 is 0 Å². The molecule has 1 atom stereocenters. The molecule has 1 amide bonds. The Kier molecular flexibility index (Phi) is 7.09. The summed E-state index contributed by atoms with van der Waals surface area (Å²) in [5.74, 6) is 0. The van der Waals surface area contributed by atoms with Crippen molar-refractivity contribution in [2.45, 2.75) is 45.8 Å². The van der Waals surface area contributed by atoms with Crippen LogP contribution >= 0.6 is 0 Å². The molecule has 0 aliphatic heterocycles. The predicted molar refractivity (Wildman–Crippen MR) is 64.6 cm³/mol. The van der Waals surface area contributed by atoms with Gasteiger partial charge in [-0.1, -0.05) is 6.92 Å². The fraction of sp³-hybridized carbons (Fsp3) is 0.889. The van der Waals surface area contributed by atoms with Crippen LogP contribution in [-0.4, -0.2) is 33.2 Å². The van der Waals surface area contributed by atoms with Gasteiger partial charge in [0.25, 0.3) is 0 Å². The number of amides is 1. The predicted octanol–water partition coefficient (Wildman–Crippen LogP) is 0.0828. The number of nitrogens with two attached hydrogens (primary N) is 1. The minimum Gasteiger partial charge on any atom is -0.446 e. The second-order valence-corrected chi connectivity index (χ2v) is 5.41. The molecular weight excluding hydrogens is 246 g/mol. The molecule has 0 saturated carbocycles. The van der Waals surface area contributed by atoms with Crippen molar-refractivity contribution >= 4 is 16.3 Å². The van der Waals surface area contributed by atoms with Gasteiger partial charge in [0.05, 0.1) is 6.10 Å². The largest absolute Gasteiger partial charge is 0.446 e. The summed E-state index contributed by atoms with van der Waals surface area (Å²) in [6.07, 6.45) is -0.0905. The highest BCUT2D eigenvalue weighted by Gasteiger charge is 2.15. The molecule has 0 aromatic rings. The fourth-order valence-corrected chi connectivity index (χ4v) is 1.69. The Morgan fingerprint density at radius 2 is 2.00 bits per heavy atom. The third-order valence-electron chi connectivity index (χ3n) is 1.89. The first-order chi connectivity index (χ1) is 7.76. The number of carbonyl (C=O) groups is 1. The van der Waals surface area contributed by atoms with E-state index in [1.165, 1.54) is 0 Å². The van der Waals surface area contributed by atoms with E-state index in [2.05, 4.69) is 9.46 Å². The summed E-state index contributed by atoms with van der Waals surface area (Å²) in [5.41, 5.74) is 5.62. The van der Waals surface area contributed by atoms with Crippen LogP contribution in [0.1, 0.15) is 33.6 Å². The van der Waals surface area contributed by atoms with Crippen LogP contribution in [0.25, 0.3) is 0 Å². The van der Waals surface area contributed by atoms with Gasteiger partial charge in [0.15, 0.2) is 0 Å². The van der Waals surface area contributed by atoms with Crippen molar-refractivity contribution in [1.82, 2.24) is 9.44 Å². The lowest BCUT2D eigenvalue weighted by Gasteiger charge is -2.12. The van der Waals surface area contributed by atoms with Gasteiger partial charge in [-0.15, -0.1) is 0 Å². The Balaban J connectivity index is 4.00. The van der Waals surface area contributed by atoms with E-state index in [9.17, 15) is 13.2 Å². The average molecular weight is 267 g/mol. The Hall–Kier alpha value is -0.860. The monoisotopic (exact) mass is 267 g/mol. The van der Waals surface area contributed by atoms with Gasteiger partial charge in [-0.25, -0.2) is 9.52 Å². The van der Waals surface area contributed by atoms with E-state index < -0.39 is 16.3 Å². The van der Waals surface area contributed by atoms with Gasteiger partial charge in [0, 0.05) is 12.6 Å². The Morgan fingerprint density at radius 3 is 2.47 bits per heavy atom. The second kappa shape index (κ2) is 7.46. The second-order valence-electron chi connectivity index (χ2n) is 3.91. The summed E-state index contributed by atoms with van der Waals surface area (Å²) < 4.78 is 31.2. The van der Waals surface area contributed by atoms with Crippen LogP contribution in [0.2, 0.25) is 0 Å². The normalized spacial score (nSPS) is 13.5. The standard InChI is InChI=1S/C9H21N3O4S/c1-4-8(10)5-6-11-17(14,15)12-9(13)16-7(2)3/h7-8,11H,4-6,10H2,1-3H3,(H,12,13). The lowest BCUT2D eigenvalue weighted by Crippen LogP contribution is -2.42. The van der Waals surface area contributed by atoms with Gasteiger partial charge in [-0.05, 0) is 26.7 Å². The van der Waals surface area contributed by atoms with Crippen LogP contribution in [0.4, 0.5) is 4.79 Å². The molecule has 0 bridgehead atoms. The topological polar surface area (TPSA) is 111 Å². The Morgan fingerprint density at radius 1 is 1.41 bits per heavy atom. The average Bonchev–Trinajstić information content (AvgIpc) is 2.14. The third-order valence-corrected chi connectivity index (χ3v) is 2.91. The van der Waals surface area contributed by atoms with Gasteiger partial charge in [-0.2, -0.15) is 13.1 Å². The summed E-state index contributed by atoms with van der Waals surface area (Å²) >= 11 is 0. The summed E-state index contributed by atoms with van der Waals surface area (Å²) in [6.45, 7) is 5.34. The van der Waals surface area contributed by atoms with Crippen molar-refractivity contribution in [3.8, 4) is 0 Å². The zero-order valence-electron chi connectivity index (χ0n) is 10.4. The van der Waals surface area contributed by atoms with Crippen LogP contribution in [-0.2, 0) is 14.9 Å². The number of ether oxygens (including phenoxy) is 1. The minimum atomic E-state index is -3.86. The van der Waals surface area contributed by atoms with E-state index in [1.54, 1.807) is 18.6 Å². The van der Waals surface area contributed by atoms with Crippen molar-refractivity contribution in [2.75, 3.05) is 6.54 Å². The quantitative estimate of drug-likeness (QED) is 0.605. The molecule has 7 nitrogen and oxygen atoms in total. The molecule has 0 heterocycles. The van der Waals surface area contributed by atoms with Crippen molar-refractivity contribution in [3.63, 3.8) is 0 Å². The van der Waals surface area contributed by atoms with Crippen LogP contribution in [0.15, 0.2) is 0 Å². The van der Waals surface area contributed by atoms with Crippen LogP contribution in [0, 0.1) is 0 Å². The number of carbonyl (C=O) groups excluding carboxylic acids is 1. The molecule has 0 aliphatic carbocycles. The zero-order valence-corrected chi connectivity index (χ0v) is 11.2. The SMILES string of the molecule is CCC(N)CCNS(=O)(=O)NC(=O)OC(C)C. The minimum absolute atomic E-state index is 0.0553. The fourth-order valence-electron chi connectivity index (χ4n) is 0.967. The smallest absolute Gasteiger partial charge is 0.422 e. The molecular formula is C9H21N3O4S. The van der Waals surface area contributed by atoms with E-state index in [0.29, 0.717) is 6.42 Å². The first-order valence-corrected chi connectivity index (χ1v) is 6.98. The van der Waals surface area contributed by atoms with Gasteiger partial charge in [0.2, 0.25) is 0 Å². The summed E-state index contributed by atoms with van der Waals surface area (Å²) in [7, 11) is -3.86. The summed E-state index contributed by atoms with van der Waals surface area (Å²) in [4.78, 5) is 11.0. The van der Waals surface area contributed by atoms with E-state index in [4.69, 9.17) is 5.73 Å². The van der Waals surface area contributed by atoms with E-state index in [0.717, 1.165) is 6.42 Å². The van der Waals surface area contributed by atoms with E-state index in [-0.39, 0.29) is 18.7 Å². The highest BCUT2D eigenvalue weighted by molar-refractivity contribution is 7.88. The number of hydrogen-bond donors (Lipinski definition) is 3. The van der Waals surface area contributed by atoms with Gasteiger partial charge in [-0.3, -0.25) is 0 Å². The van der Waals surface area contributed by atoms with Crippen molar-refractivity contribution in [3.05, 3.63) is 0 Å². The molecule has 0 aromatic carbocycles. The van der Waals surface area contributed by atoms with Crippen LogP contribution in [0.3, 0.4) is 0 Å². The molecule has 17 heavy (non-hydrogen) atoms. The lowest BCUT2D eigenvalue weighted by molar-refractivity contribution is 0.121. The van der Waals surface area contributed by atoms with Gasteiger partial charge >= 0.3 is 16.3 Å². The molecule has 0 fully saturated rings. The number of hydrogen-bond acceptors (Lipinski definition) is 5. The molecule has 0 aromatic heterocycles. The Labute approximate surface area is 102 Å². The van der Waals surface area contributed by atoms with Crippen molar-refractivity contribution in [1.29, 1.82) is 0 Å². The maximum absolute atomic E-state index is 11.3. The molecule has 1 unspecified atom stereocenters. The highest BCUT2D eigenvalue weighted by atomic mass is 32.2.